The Morgan fingerprint density at radius 3 is 2.21 bits per heavy atom. The fourth-order valence-electron chi connectivity index (χ4n) is 2.74. The smallest absolute Gasteiger partial charge is 0.253 e. The van der Waals surface area contributed by atoms with Gasteiger partial charge in [-0.15, -0.1) is 0 Å². The second-order valence-electron chi connectivity index (χ2n) is 6.15. The van der Waals surface area contributed by atoms with Gasteiger partial charge < -0.3 is 4.90 Å². The summed E-state index contributed by atoms with van der Waals surface area (Å²) in [7, 11) is -2.21. The first-order chi connectivity index (χ1) is 11.2. The van der Waals surface area contributed by atoms with Crippen LogP contribution in [-0.4, -0.2) is 39.4 Å². The van der Waals surface area contributed by atoms with Crippen molar-refractivity contribution >= 4 is 15.9 Å². The molecule has 1 rings (SSSR count). The maximum atomic E-state index is 12.9. The molecular weight excluding hydrogens is 324 g/mol. The largest absolute Gasteiger partial charge is 0.339 e. The van der Waals surface area contributed by atoms with Crippen LogP contribution < -0.4 is 4.72 Å². The predicted molar refractivity (Wildman–Crippen MR) is 97.8 cm³/mol. The van der Waals surface area contributed by atoms with Gasteiger partial charge in [-0.3, -0.25) is 4.79 Å². The van der Waals surface area contributed by atoms with E-state index in [1.807, 2.05) is 13.8 Å². The van der Waals surface area contributed by atoms with Gasteiger partial charge in [-0.05, 0) is 57.0 Å². The van der Waals surface area contributed by atoms with Gasteiger partial charge in [-0.2, -0.15) is 0 Å². The lowest BCUT2D eigenvalue weighted by molar-refractivity contribution is 0.0734. The van der Waals surface area contributed by atoms with E-state index >= 15 is 0 Å². The molecule has 1 amide bonds. The lowest BCUT2D eigenvalue weighted by Crippen LogP contribution is -2.35. The summed E-state index contributed by atoms with van der Waals surface area (Å²) in [6, 6.07) is 3.27. The SMILES string of the molecule is CCC(CC)CN(CC)C(=O)c1cc(C)c(C)c(S(=O)(=O)NC)c1. The zero-order chi connectivity index (χ0) is 18.5. The van der Waals surface area contributed by atoms with Crippen LogP contribution in [0.3, 0.4) is 0 Å². The Morgan fingerprint density at radius 2 is 1.75 bits per heavy atom. The second kappa shape index (κ2) is 8.62. The summed E-state index contributed by atoms with van der Waals surface area (Å²) < 4.78 is 26.8. The number of sulfonamides is 1. The highest BCUT2D eigenvalue weighted by molar-refractivity contribution is 7.89. The zero-order valence-electron chi connectivity index (χ0n) is 15.6. The number of rotatable bonds is 8. The van der Waals surface area contributed by atoms with Crippen LogP contribution in [0.2, 0.25) is 0 Å². The van der Waals surface area contributed by atoms with Crippen molar-refractivity contribution in [3.63, 3.8) is 0 Å². The van der Waals surface area contributed by atoms with Gasteiger partial charge in [0.2, 0.25) is 10.0 Å². The minimum absolute atomic E-state index is 0.111. The number of hydrogen-bond acceptors (Lipinski definition) is 3. The van der Waals surface area contributed by atoms with E-state index < -0.39 is 10.0 Å². The molecule has 1 aromatic rings. The normalized spacial score (nSPS) is 11.8. The molecule has 0 saturated heterocycles. The molecule has 0 radical (unpaired) electrons. The molecule has 1 aromatic carbocycles. The highest BCUT2D eigenvalue weighted by Crippen LogP contribution is 2.22. The molecule has 0 fully saturated rings. The van der Waals surface area contributed by atoms with Crippen molar-refractivity contribution < 1.29 is 13.2 Å². The number of nitrogens with zero attached hydrogens (tertiary/aromatic N) is 1. The van der Waals surface area contributed by atoms with Gasteiger partial charge in [0.1, 0.15) is 0 Å². The average Bonchev–Trinajstić information content (AvgIpc) is 2.57. The predicted octanol–water partition coefficient (Wildman–Crippen LogP) is 3.11. The minimum atomic E-state index is -3.59. The Kier molecular flexibility index (Phi) is 7.42. The fraction of sp³-hybridized carbons (Fsp3) is 0.611. The molecule has 0 atom stereocenters. The van der Waals surface area contributed by atoms with Gasteiger partial charge in [-0.25, -0.2) is 13.1 Å². The van der Waals surface area contributed by atoms with Crippen molar-refractivity contribution in [1.29, 1.82) is 0 Å². The van der Waals surface area contributed by atoms with Crippen LogP contribution in [0.15, 0.2) is 17.0 Å². The van der Waals surface area contributed by atoms with Gasteiger partial charge in [0.25, 0.3) is 5.91 Å². The summed E-state index contributed by atoms with van der Waals surface area (Å²) in [5.41, 5.74) is 1.90. The maximum absolute atomic E-state index is 12.9. The van der Waals surface area contributed by atoms with Crippen LogP contribution in [0.25, 0.3) is 0 Å². The number of hydrogen-bond donors (Lipinski definition) is 1. The van der Waals surface area contributed by atoms with E-state index in [0.717, 1.165) is 18.4 Å². The van der Waals surface area contributed by atoms with Crippen LogP contribution in [0.5, 0.6) is 0 Å². The molecule has 5 nitrogen and oxygen atoms in total. The van der Waals surface area contributed by atoms with Crippen LogP contribution in [-0.2, 0) is 10.0 Å². The number of carbonyl (C=O) groups is 1. The van der Waals surface area contributed by atoms with Crippen LogP contribution >= 0.6 is 0 Å². The van der Waals surface area contributed by atoms with E-state index in [1.165, 1.54) is 13.1 Å². The summed E-state index contributed by atoms with van der Waals surface area (Å²) >= 11 is 0. The fourth-order valence-corrected chi connectivity index (χ4v) is 3.80. The van der Waals surface area contributed by atoms with Crippen LogP contribution in [0, 0.1) is 19.8 Å². The summed E-state index contributed by atoms with van der Waals surface area (Å²) in [5.74, 6) is 0.348. The van der Waals surface area contributed by atoms with Gasteiger partial charge in [0.15, 0.2) is 0 Å². The highest BCUT2D eigenvalue weighted by Gasteiger charge is 2.22. The molecule has 0 spiro atoms. The molecule has 0 aliphatic rings. The molecule has 0 aliphatic carbocycles. The molecule has 136 valence electrons. The van der Waals surface area contributed by atoms with Crippen LogP contribution in [0.1, 0.15) is 55.1 Å². The molecule has 24 heavy (non-hydrogen) atoms. The monoisotopic (exact) mass is 354 g/mol. The molecule has 6 heteroatoms. The molecule has 0 saturated carbocycles. The quantitative estimate of drug-likeness (QED) is 0.780. The standard InChI is InChI=1S/C18H30N2O3S/c1-7-15(8-2)12-20(9-3)18(21)16-10-13(4)14(5)17(11-16)24(22,23)19-6/h10-11,15,19H,7-9,12H2,1-6H3. The number of carbonyl (C=O) groups excluding carboxylic acids is 1. The minimum Gasteiger partial charge on any atom is -0.339 e. The summed E-state index contributed by atoms with van der Waals surface area (Å²) in [5, 5.41) is 0. The third-order valence-corrected chi connectivity index (χ3v) is 6.27. The summed E-state index contributed by atoms with van der Waals surface area (Å²) in [6.45, 7) is 11.1. The maximum Gasteiger partial charge on any atom is 0.253 e. The summed E-state index contributed by atoms with van der Waals surface area (Å²) in [6.07, 6.45) is 2.04. The van der Waals surface area contributed by atoms with Gasteiger partial charge in [-0.1, -0.05) is 26.7 Å². The van der Waals surface area contributed by atoms with Crippen molar-refractivity contribution in [2.45, 2.75) is 52.4 Å². The van der Waals surface area contributed by atoms with Gasteiger partial charge >= 0.3 is 0 Å². The molecule has 0 aromatic heterocycles. The lowest BCUT2D eigenvalue weighted by atomic mass is 10.0. The Bertz CT molecular complexity index is 680. The number of benzene rings is 1. The third kappa shape index (κ3) is 4.57. The number of nitrogens with one attached hydrogen (secondary N) is 1. The van der Waals surface area contributed by atoms with Gasteiger partial charge in [0.05, 0.1) is 4.90 Å². The molecule has 0 heterocycles. The zero-order valence-corrected chi connectivity index (χ0v) is 16.5. The van der Waals surface area contributed by atoms with Crippen molar-refractivity contribution in [3.8, 4) is 0 Å². The van der Waals surface area contributed by atoms with E-state index in [-0.39, 0.29) is 10.8 Å². The van der Waals surface area contributed by atoms with Crippen molar-refractivity contribution in [2.75, 3.05) is 20.1 Å². The molecule has 0 bridgehead atoms. The molecular formula is C18H30N2O3S. The molecule has 0 unspecified atom stereocenters. The summed E-state index contributed by atoms with van der Waals surface area (Å²) in [4.78, 5) is 14.9. The van der Waals surface area contributed by atoms with Crippen LogP contribution in [0.4, 0.5) is 0 Å². The van der Waals surface area contributed by atoms with E-state index in [0.29, 0.717) is 30.1 Å². The van der Waals surface area contributed by atoms with Crippen molar-refractivity contribution in [1.82, 2.24) is 9.62 Å². The van der Waals surface area contributed by atoms with E-state index in [4.69, 9.17) is 0 Å². The molecule has 0 aliphatic heterocycles. The van der Waals surface area contributed by atoms with E-state index in [1.54, 1.807) is 17.9 Å². The van der Waals surface area contributed by atoms with Crippen molar-refractivity contribution in [3.05, 3.63) is 28.8 Å². The average molecular weight is 355 g/mol. The Morgan fingerprint density at radius 1 is 1.17 bits per heavy atom. The third-order valence-electron chi connectivity index (χ3n) is 4.73. The highest BCUT2D eigenvalue weighted by atomic mass is 32.2. The topological polar surface area (TPSA) is 66.5 Å². The first kappa shape index (κ1) is 20.6. The Labute approximate surface area is 146 Å². The lowest BCUT2D eigenvalue weighted by Gasteiger charge is -2.26. The first-order valence-corrected chi connectivity index (χ1v) is 10.0. The van der Waals surface area contributed by atoms with E-state index in [2.05, 4.69) is 18.6 Å². The van der Waals surface area contributed by atoms with E-state index in [9.17, 15) is 13.2 Å². The number of amides is 1. The Hall–Kier alpha value is -1.40. The second-order valence-corrected chi connectivity index (χ2v) is 8.01. The van der Waals surface area contributed by atoms with Gasteiger partial charge in [0, 0.05) is 18.7 Å². The van der Waals surface area contributed by atoms with Crippen molar-refractivity contribution in [2.24, 2.45) is 5.92 Å². The Balaban J connectivity index is 3.28. The molecule has 1 N–H and O–H groups in total. The first-order valence-electron chi connectivity index (χ1n) is 8.55. The number of aryl methyl sites for hydroxylation is 1.